The molecule has 0 aliphatic heterocycles. The number of hydrogen-bond donors (Lipinski definition) is 1. The van der Waals surface area contributed by atoms with Crippen molar-refractivity contribution >= 4 is 23.4 Å². The highest BCUT2D eigenvalue weighted by atomic mass is 32.1. The van der Waals surface area contributed by atoms with E-state index in [1.807, 2.05) is 0 Å². The van der Waals surface area contributed by atoms with Crippen LogP contribution in [0.1, 0.15) is 39.2 Å². The van der Waals surface area contributed by atoms with E-state index in [-0.39, 0.29) is 0 Å². The van der Waals surface area contributed by atoms with Crippen LogP contribution in [-0.2, 0) is 0 Å². The van der Waals surface area contributed by atoms with Gasteiger partial charge in [0.15, 0.2) is 10.4 Å². The average molecular weight is 266 g/mol. The van der Waals surface area contributed by atoms with Crippen molar-refractivity contribution in [3.8, 4) is 5.88 Å². The van der Waals surface area contributed by atoms with E-state index < -0.39 is 0 Å². The summed E-state index contributed by atoms with van der Waals surface area (Å²) in [6.45, 7) is 4.34. The summed E-state index contributed by atoms with van der Waals surface area (Å²) in [6.07, 6.45) is 4.75. The van der Waals surface area contributed by atoms with Crippen LogP contribution in [0.5, 0.6) is 5.88 Å². The van der Waals surface area contributed by atoms with E-state index in [0.717, 1.165) is 30.4 Å². The first-order chi connectivity index (χ1) is 8.72. The molecule has 98 valence electrons. The van der Waals surface area contributed by atoms with Gasteiger partial charge in [0.1, 0.15) is 11.8 Å². The smallest absolute Gasteiger partial charge is 0.242 e. The predicted octanol–water partition coefficient (Wildman–Crippen LogP) is 3.25. The van der Waals surface area contributed by atoms with Crippen LogP contribution in [0.2, 0.25) is 0 Å². The molecule has 1 unspecified atom stereocenters. The molecule has 0 fully saturated rings. The standard InChI is InChI=1S/C12H18N4OS/c1-4-6-8(5-2)16-10-9(15-12(16)18)11(17-3)14-7-13-10/h7-8H,4-6H2,1-3H3,(H,15,18). The molecule has 2 aromatic heterocycles. The van der Waals surface area contributed by atoms with Crippen LogP contribution >= 0.6 is 12.2 Å². The van der Waals surface area contributed by atoms with Crippen molar-refractivity contribution in [3.05, 3.63) is 11.1 Å². The quantitative estimate of drug-likeness (QED) is 0.844. The summed E-state index contributed by atoms with van der Waals surface area (Å²) in [6, 6.07) is 0.371. The first-order valence-electron chi connectivity index (χ1n) is 6.22. The van der Waals surface area contributed by atoms with E-state index in [1.165, 1.54) is 6.33 Å². The molecule has 5 nitrogen and oxygen atoms in total. The zero-order chi connectivity index (χ0) is 13.1. The zero-order valence-electron chi connectivity index (χ0n) is 10.9. The highest BCUT2D eigenvalue weighted by Crippen LogP contribution is 2.26. The van der Waals surface area contributed by atoms with E-state index >= 15 is 0 Å². The maximum atomic E-state index is 5.40. The Labute approximate surface area is 111 Å². The van der Waals surface area contributed by atoms with E-state index in [0.29, 0.717) is 16.7 Å². The third kappa shape index (κ3) is 2.12. The Hall–Kier alpha value is -1.43. The van der Waals surface area contributed by atoms with Crippen molar-refractivity contribution in [1.29, 1.82) is 0 Å². The van der Waals surface area contributed by atoms with Gasteiger partial charge in [0.25, 0.3) is 0 Å². The Balaban J connectivity index is 2.63. The number of imidazole rings is 1. The molecule has 0 amide bonds. The minimum absolute atomic E-state index is 0.371. The minimum Gasteiger partial charge on any atom is -0.479 e. The Kier molecular flexibility index (Phi) is 3.96. The number of rotatable bonds is 5. The number of fused-ring (bicyclic) bond motifs is 1. The van der Waals surface area contributed by atoms with Gasteiger partial charge in [0, 0.05) is 6.04 Å². The summed E-state index contributed by atoms with van der Waals surface area (Å²) < 4.78 is 7.99. The van der Waals surface area contributed by atoms with Gasteiger partial charge in [-0.2, -0.15) is 4.98 Å². The van der Waals surface area contributed by atoms with Crippen LogP contribution in [0, 0.1) is 4.77 Å². The summed E-state index contributed by atoms with van der Waals surface area (Å²) in [4.78, 5) is 11.6. The normalized spacial score (nSPS) is 12.8. The molecule has 2 aromatic rings. The van der Waals surface area contributed by atoms with Crippen LogP contribution in [0.3, 0.4) is 0 Å². The Morgan fingerprint density at radius 3 is 2.83 bits per heavy atom. The van der Waals surface area contributed by atoms with Gasteiger partial charge in [0.05, 0.1) is 7.11 Å². The number of aromatic amines is 1. The number of nitrogens with zero attached hydrogens (tertiary/aromatic N) is 3. The second-order valence-corrected chi connectivity index (χ2v) is 4.62. The third-order valence-corrected chi connectivity index (χ3v) is 3.42. The Morgan fingerprint density at radius 1 is 1.44 bits per heavy atom. The van der Waals surface area contributed by atoms with Crippen LogP contribution in [0.15, 0.2) is 6.33 Å². The molecule has 0 aromatic carbocycles. The monoisotopic (exact) mass is 266 g/mol. The summed E-state index contributed by atoms with van der Waals surface area (Å²) in [5, 5.41) is 0. The molecule has 0 radical (unpaired) electrons. The topological polar surface area (TPSA) is 55.7 Å². The molecule has 0 aliphatic carbocycles. The van der Waals surface area contributed by atoms with Gasteiger partial charge in [-0.25, -0.2) is 4.98 Å². The van der Waals surface area contributed by atoms with Gasteiger partial charge in [0.2, 0.25) is 5.88 Å². The number of aromatic nitrogens is 4. The van der Waals surface area contributed by atoms with Crippen LogP contribution in [-0.4, -0.2) is 26.6 Å². The summed E-state index contributed by atoms with van der Waals surface area (Å²) in [5.74, 6) is 0.538. The lowest BCUT2D eigenvalue weighted by molar-refractivity contribution is 0.401. The molecule has 1 atom stereocenters. The van der Waals surface area contributed by atoms with Gasteiger partial charge in [-0.3, -0.25) is 4.57 Å². The summed E-state index contributed by atoms with van der Waals surface area (Å²) in [7, 11) is 1.60. The number of ether oxygens (including phenoxy) is 1. The fraction of sp³-hybridized carbons (Fsp3) is 0.583. The second-order valence-electron chi connectivity index (χ2n) is 4.23. The highest BCUT2D eigenvalue weighted by molar-refractivity contribution is 7.71. The van der Waals surface area contributed by atoms with Gasteiger partial charge in [-0.15, -0.1) is 0 Å². The first kappa shape index (κ1) is 13.0. The Bertz CT molecular complexity index is 589. The van der Waals surface area contributed by atoms with Crippen LogP contribution < -0.4 is 4.74 Å². The summed E-state index contributed by atoms with van der Waals surface area (Å²) >= 11 is 5.40. The van der Waals surface area contributed by atoms with E-state index in [4.69, 9.17) is 17.0 Å². The van der Waals surface area contributed by atoms with Gasteiger partial charge in [-0.05, 0) is 25.1 Å². The molecule has 0 saturated heterocycles. The molecule has 1 N–H and O–H groups in total. The summed E-state index contributed by atoms with van der Waals surface area (Å²) in [5.41, 5.74) is 1.60. The Morgan fingerprint density at radius 2 is 2.22 bits per heavy atom. The maximum Gasteiger partial charge on any atom is 0.242 e. The molecular formula is C12H18N4OS. The van der Waals surface area contributed by atoms with Crippen LogP contribution in [0.4, 0.5) is 0 Å². The number of methoxy groups -OCH3 is 1. The second kappa shape index (κ2) is 5.48. The molecule has 6 heteroatoms. The predicted molar refractivity (Wildman–Crippen MR) is 73.5 cm³/mol. The SMILES string of the molecule is CCCC(CC)n1c(=S)[nH]c2c(OC)ncnc21. The molecule has 18 heavy (non-hydrogen) atoms. The van der Waals surface area contributed by atoms with Crippen molar-refractivity contribution in [1.82, 2.24) is 19.5 Å². The van der Waals surface area contributed by atoms with Crippen molar-refractivity contribution in [2.45, 2.75) is 39.2 Å². The highest BCUT2D eigenvalue weighted by Gasteiger charge is 2.16. The van der Waals surface area contributed by atoms with Crippen molar-refractivity contribution < 1.29 is 4.74 Å². The van der Waals surface area contributed by atoms with Crippen LogP contribution in [0.25, 0.3) is 11.2 Å². The molecule has 0 bridgehead atoms. The van der Waals surface area contributed by atoms with E-state index in [9.17, 15) is 0 Å². The average Bonchev–Trinajstić information content (AvgIpc) is 2.72. The number of H-pyrrole nitrogens is 1. The zero-order valence-corrected chi connectivity index (χ0v) is 11.8. The van der Waals surface area contributed by atoms with Gasteiger partial charge < -0.3 is 9.72 Å². The van der Waals surface area contributed by atoms with Crippen molar-refractivity contribution in [3.63, 3.8) is 0 Å². The molecule has 0 spiro atoms. The molecule has 0 saturated carbocycles. The van der Waals surface area contributed by atoms with Gasteiger partial charge >= 0.3 is 0 Å². The molecular weight excluding hydrogens is 248 g/mol. The van der Waals surface area contributed by atoms with Gasteiger partial charge in [-0.1, -0.05) is 20.3 Å². The lowest BCUT2D eigenvalue weighted by Crippen LogP contribution is -2.08. The largest absolute Gasteiger partial charge is 0.479 e. The first-order valence-corrected chi connectivity index (χ1v) is 6.62. The van der Waals surface area contributed by atoms with E-state index in [1.54, 1.807) is 7.11 Å². The number of nitrogens with one attached hydrogen (secondary N) is 1. The van der Waals surface area contributed by atoms with Crippen molar-refractivity contribution in [2.75, 3.05) is 7.11 Å². The molecule has 2 rings (SSSR count). The molecule has 2 heterocycles. The van der Waals surface area contributed by atoms with Crippen molar-refractivity contribution in [2.24, 2.45) is 0 Å². The lowest BCUT2D eigenvalue weighted by Gasteiger charge is -2.16. The third-order valence-electron chi connectivity index (χ3n) is 3.12. The molecule has 0 aliphatic rings. The fourth-order valence-electron chi connectivity index (χ4n) is 2.26. The maximum absolute atomic E-state index is 5.40. The van der Waals surface area contributed by atoms with E-state index in [2.05, 4.69) is 33.4 Å². The fourth-order valence-corrected chi connectivity index (χ4v) is 2.60. The number of hydrogen-bond acceptors (Lipinski definition) is 4. The lowest BCUT2D eigenvalue weighted by atomic mass is 10.1. The minimum atomic E-state index is 0.371.